The third-order valence-corrected chi connectivity index (χ3v) is 7.34. The first-order valence-corrected chi connectivity index (χ1v) is 14.6. The van der Waals surface area contributed by atoms with Gasteiger partial charge in [0.05, 0.1) is 30.9 Å². The predicted octanol–water partition coefficient (Wildman–Crippen LogP) is 3.91. The van der Waals surface area contributed by atoms with Crippen LogP contribution in [0.2, 0.25) is 0 Å². The van der Waals surface area contributed by atoms with Crippen molar-refractivity contribution in [2.24, 2.45) is 0 Å². The zero-order valence-electron chi connectivity index (χ0n) is 24.2. The van der Waals surface area contributed by atoms with E-state index in [0.717, 1.165) is 44.1 Å². The second-order valence-electron chi connectivity index (χ2n) is 11.9. The standard InChI is InChI=1S/C30H43N5O6/c1-30(2,3)41-29(39)33-26-17-23(35(34-26)18-27(37)31-21-13-7-9-15-24(21)36)28(38)32-22-14-8-10-16-25(22)40-19-20-11-5-4-6-12-20/h4-6,11-12,17,21-22,24-25,36H,7-10,13-16,18-19H2,1-3H3,(H,31,37)(H,32,38)(H,33,34,39)/t21-,22+,24-,25+/m1/s1. The second-order valence-corrected chi connectivity index (χ2v) is 11.9. The van der Waals surface area contributed by atoms with Crippen molar-refractivity contribution in [3.63, 3.8) is 0 Å². The fraction of sp³-hybridized carbons (Fsp3) is 0.600. The average Bonchev–Trinajstić information content (AvgIpc) is 3.30. The summed E-state index contributed by atoms with van der Waals surface area (Å²) in [6.07, 6.45) is 5.28. The van der Waals surface area contributed by atoms with Gasteiger partial charge in [-0.15, -0.1) is 0 Å². The fourth-order valence-electron chi connectivity index (χ4n) is 5.34. The Balaban J connectivity index is 1.47. The predicted molar refractivity (Wildman–Crippen MR) is 153 cm³/mol. The summed E-state index contributed by atoms with van der Waals surface area (Å²) in [5, 5.41) is 23.1. The quantitative estimate of drug-likeness (QED) is 0.358. The van der Waals surface area contributed by atoms with Gasteiger partial charge >= 0.3 is 6.09 Å². The van der Waals surface area contributed by atoms with Gasteiger partial charge in [0.1, 0.15) is 17.8 Å². The van der Waals surface area contributed by atoms with Gasteiger partial charge in [-0.2, -0.15) is 5.10 Å². The molecule has 1 heterocycles. The van der Waals surface area contributed by atoms with Gasteiger partial charge in [0.15, 0.2) is 5.82 Å². The van der Waals surface area contributed by atoms with E-state index in [-0.39, 0.29) is 42.2 Å². The number of nitrogens with one attached hydrogen (secondary N) is 3. The lowest BCUT2D eigenvalue weighted by Crippen LogP contribution is -2.47. The molecule has 0 bridgehead atoms. The molecule has 4 atom stereocenters. The lowest BCUT2D eigenvalue weighted by Gasteiger charge is -2.32. The lowest BCUT2D eigenvalue weighted by molar-refractivity contribution is -0.123. The van der Waals surface area contributed by atoms with Crippen molar-refractivity contribution in [2.45, 2.75) is 115 Å². The van der Waals surface area contributed by atoms with E-state index in [1.165, 1.54) is 10.7 Å². The summed E-state index contributed by atoms with van der Waals surface area (Å²) in [5.74, 6) is -0.700. The number of hydrogen-bond donors (Lipinski definition) is 4. The van der Waals surface area contributed by atoms with Crippen LogP contribution in [-0.4, -0.2) is 62.7 Å². The summed E-state index contributed by atoms with van der Waals surface area (Å²) in [7, 11) is 0. The van der Waals surface area contributed by atoms with Crippen LogP contribution in [0.15, 0.2) is 36.4 Å². The van der Waals surface area contributed by atoms with Crippen LogP contribution in [0.25, 0.3) is 0 Å². The Kier molecular flexibility index (Phi) is 10.4. The van der Waals surface area contributed by atoms with Crippen molar-refractivity contribution < 1.29 is 29.0 Å². The van der Waals surface area contributed by atoms with Crippen LogP contribution >= 0.6 is 0 Å². The molecule has 1 aromatic carbocycles. The van der Waals surface area contributed by atoms with Crippen LogP contribution in [0.4, 0.5) is 10.6 Å². The highest BCUT2D eigenvalue weighted by atomic mass is 16.6. The minimum Gasteiger partial charge on any atom is -0.444 e. The maximum absolute atomic E-state index is 13.6. The third kappa shape index (κ3) is 9.29. The summed E-state index contributed by atoms with van der Waals surface area (Å²) in [5.41, 5.74) is 0.472. The zero-order valence-corrected chi connectivity index (χ0v) is 24.2. The van der Waals surface area contributed by atoms with E-state index in [9.17, 15) is 19.5 Å². The number of aromatic nitrogens is 2. The molecule has 0 spiro atoms. The second kappa shape index (κ2) is 14.0. The normalized spacial score (nSPS) is 22.9. The highest BCUT2D eigenvalue weighted by Gasteiger charge is 2.30. The maximum atomic E-state index is 13.6. The lowest BCUT2D eigenvalue weighted by atomic mass is 9.92. The molecular formula is C30H43N5O6. The van der Waals surface area contributed by atoms with Crippen LogP contribution in [0.3, 0.4) is 0 Å². The van der Waals surface area contributed by atoms with E-state index >= 15 is 0 Å². The molecule has 2 fully saturated rings. The Morgan fingerprint density at radius 2 is 1.66 bits per heavy atom. The van der Waals surface area contributed by atoms with Gasteiger partial charge in [-0.25, -0.2) is 9.48 Å². The number of amides is 3. The summed E-state index contributed by atoms with van der Waals surface area (Å²) in [4.78, 5) is 38.9. The van der Waals surface area contributed by atoms with Crippen molar-refractivity contribution in [3.8, 4) is 0 Å². The van der Waals surface area contributed by atoms with Gasteiger partial charge in [0, 0.05) is 6.07 Å². The Hall–Kier alpha value is -3.44. The van der Waals surface area contributed by atoms with Crippen LogP contribution in [-0.2, 0) is 27.4 Å². The number of anilines is 1. The molecule has 0 unspecified atom stereocenters. The molecule has 0 radical (unpaired) electrons. The minimum atomic E-state index is -0.719. The molecule has 224 valence electrons. The van der Waals surface area contributed by atoms with E-state index < -0.39 is 23.7 Å². The van der Waals surface area contributed by atoms with Crippen molar-refractivity contribution in [1.29, 1.82) is 0 Å². The summed E-state index contributed by atoms with van der Waals surface area (Å²) in [6.45, 7) is 5.44. The van der Waals surface area contributed by atoms with Gasteiger partial charge < -0.3 is 25.2 Å². The van der Waals surface area contributed by atoms with Gasteiger partial charge in [0.2, 0.25) is 5.91 Å². The molecule has 11 heteroatoms. The Labute approximate surface area is 241 Å². The van der Waals surface area contributed by atoms with E-state index in [1.807, 2.05) is 30.3 Å². The average molecular weight is 570 g/mol. The highest BCUT2D eigenvalue weighted by Crippen LogP contribution is 2.24. The van der Waals surface area contributed by atoms with Gasteiger partial charge in [0.25, 0.3) is 5.91 Å². The summed E-state index contributed by atoms with van der Waals surface area (Å²) >= 11 is 0. The topological polar surface area (TPSA) is 144 Å². The van der Waals surface area contributed by atoms with Gasteiger partial charge in [-0.05, 0) is 52.0 Å². The molecule has 1 aromatic heterocycles. The number of ether oxygens (including phenoxy) is 2. The summed E-state index contributed by atoms with van der Waals surface area (Å²) < 4.78 is 12.8. The van der Waals surface area contributed by atoms with E-state index in [0.29, 0.717) is 19.4 Å². The van der Waals surface area contributed by atoms with Crippen molar-refractivity contribution in [2.75, 3.05) is 5.32 Å². The molecule has 2 aromatic rings. The minimum absolute atomic E-state index is 0.0930. The number of aliphatic hydroxyl groups is 1. The molecule has 41 heavy (non-hydrogen) atoms. The Morgan fingerprint density at radius 3 is 2.37 bits per heavy atom. The molecule has 3 amide bonds. The molecule has 4 N–H and O–H groups in total. The number of hydrogen-bond acceptors (Lipinski definition) is 7. The number of nitrogens with zero attached hydrogens (tertiary/aromatic N) is 2. The Bertz CT molecular complexity index is 1180. The smallest absolute Gasteiger partial charge is 0.413 e. The van der Waals surface area contributed by atoms with Crippen molar-refractivity contribution >= 4 is 23.7 Å². The molecule has 2 aliphatic carbocycles. The molecule has 11 nitrogen and oxygen atoms in total. The first kappa shape index (κ1) is 30.5. The molecule has 0 aliphatic heterocycles. The van der Waals surface area contributed by atoms with E-state index in [1.54, 1.807) is 20.8 Å². The molecule has 4 rings (SSSR count). The van der Waals surface area contributed by atoms with E-state index in [4.69, 9.17) is 9.47 Å². The zero-order chi connectivity index (χ0) is 29.4. The highest BCUT2D eigenvalue weighted by molar-refractivity contribution is 5.95. The van der Waals surface area contributed by atoms with Crippen molar-refractivity contribution in [3.05, 3.63) is 47.7 Å². The molecular weight excluding hydrogens is 526 g/mol. The number of aliphatic hydroxyl groups excluding tert-OH is 1. The summed E-state index contributed by atoms with van der Waals surface area (Å²) in [6, 6.07) is 10.8. The third-order valence-electron chi connectivity index (χ3n) is 7.34. The van der Waals surface area contributed by atoms with Crippen LogP contribution in [0.5, 0.6) is 0 Å². The largest absolute Gasteiger partial charge is 0.444 e. The molecule has 2 saturated carbocycles. The number of benzene rings is 1. The monoisotopic (exact) mass is 569 g/mol. The van der Waals surface area contributed by atoms with Crippen molar-refractivity contribution in [1.82, 2.24) is 20.4 Å². The number of rotatable bonds is 9. The SMILES string of the molecule is CC(C)(C)OC(=O)Nc1cc(C(=O)N[C@H]2CCCC[C@@H]2OCc2ccccc2)n(CC(=O)N[C@@H]2CCCC[C@H]2O)n1. The molecule has 0 saturated heterocycles. The van der Waals surface area contributed by atoms with Crippen LogP contribution < -0.4 is 16.0 Å². The number of carbonyl (C=O) groups excluding carboxylic acids is 3. The fourth-order valence-corrected chi connectivity index (χ4v) is 5.34. The number of carbonyl (C=O) groups is 3. The first-order valence-electron chi connectivity index (χ1n) is 14.6. The van der Waals surface area contributed by atoms with Gasteiger partial charge in [-0.3, -0.25) is 14.9 Å². The first-order chi connectivity index (χ1) is 19.6. The van der Waals surface area contributed by atoms with Crippen LogP contribution in [0, 0.1) is 0 Å². The van der Waals surface area contributed by atoms with E-state index in [2.05, 4.69) is 21.0 Å². The molecule has 2 aliphatic rings. The van der Waals surface area contributed by atoms with Crippen LogP contribution in [0.1, 0.15) is 88.2 Å². The van der Waals surface area contributed by atoms with Gasteiger partial charge in [-0.1, -0.05) is 56.0 Å². The Morgan fingerprint density at radius 1 is 0.976 bits per heavy atom. The maximum Gasteiger partial charge on any atom is 0.413 e.